The van der Waals surface area contributed by atoms with E-state index in [9.17, 15) is 23.5 Å². The predicted octanol–water partition coefficient (Wildman–Crippen LogP) is 2.60. The van der Waals surface area contributed by atoms with E-state index in [2.05, 4.69) is 26.6 Å². The first-order valence-corrected chi connectivity index (χ1v) is 9.46. The minimum Gasteiger partial charge on any atom is -0.359 e. The third-order valence-corrected chi connectivity index (χ3v) is 4.94. The largest absolute Gasteiger partial charge is 0.359 e. The Labute approximate surface area is 174 Å². The lowest BCUT2D eigenvalue weighted by atomic mass is 9.94. The Hall–Kier alpha value is -2.56. The molecule has 2 aromatic rings. The van der Waals surface area contributed by atoms with E-state index in [1.807, 2.05) is 0 Å². The zero-order valence-electron chi connectivity index (χ0n) is 15.7. The van der Waals surface area contributed by atoms with E-state index < -0.39 is 35.0 Å². The van der Waals surface area contributed by atoms with Gasteiger partial charge in [-0.2, -0.15) is 0 Å². The molecule has 3 N–H and O–H groups in total. The Morgan fingerprint density at radius 1 is 1.28 bits per heavy atom. The summed E-state index contributed by atoms with van der Waals surface area (Å²) in [6, 6.07) is 6.43. The fourth-order valence-electron chi connectivity index (χ4n) is 3.06. The molecule has 0 aromatic heterocycles. The van der Waals surface area contributed by atoms with E-state index in [0.29, 0.717) is 15.9 Å². The Kier molecular flexibility index (Phi) is 5.87. The number of nitrogens with one attached hydrogen (secondary N) is 2. The van der Waals surface area contributed by atoms with Crippen LogP contribution in [0.15, 0.2) is 40.9 Å². The molecular formula is C19H19BrF2N4O3. The van der Waals surface area contributed by atoms with Crippen molar-refractivity contribution >= 4 is 39.2 Å². The summed E-state index contributed by atoms with van der Waals surface area (Å²) in [5, 5.41) is 16.5. The predicted molar refractivity (Wildman–Crippen MR) is 107 cm³/mol. The van der Waals surface area contributed by atoms with Crippen molar-refractivity contribution in [3.05, 3.63) is 58.1 Å². The molecular weight excluding hydrogens is 450 g/mol. The number of likely N-dealkylation sites (N-methyl/N-ethyl adjacent to an activating group) is 1. The van der Waals surface area contributed by atoms with Crippen LogP contribution in [-0.4, -0.2) is 49.1 Å². The summed E-state index contributed by atoms with van der Waals surface area (Å²) in [5.41, 5.74) is -3.40. The molecule has 7 nitrogen and oxygen atoms in total. The van der Waals surface area contributed by atoms with Gasteiger partial charge in [-0.1, -0.05) is 22.0 Å². The first kappa shape index (κ1) is 21.2. The van der Waals surface area contributed by atoms with Crippen LogP contribution in [0.3, 0.4) is 0 Å². The number of amides is 3. The van der Waals surface area contributed by atoms with E-state index in [1.54, 1.807) is 25.1 Å². The average Bonchev–Trinajstić information content (AvgIpc) is 2.64. The maximum Gasteiger partial charge on any atom is 0.329 e. The number of carbonyl (C=O) groups excluding carboxylic acids is 2. The van der Waals surface area contributed by atoms with Gasteiger partial charge in [-0.05, 0) is 44.4 Å². The lowest BCUT2D eigenvalue weighted by molar-refractivity contribution is -0.140. The number of benzene rings is 2. The molecule has 0 saturated carbocycles. The number of hydrogen-bond acceptors (Lipinski definition) is 4. The molecule has 29 heavy (non-hydrogen) atoms. The van der Waals surface area contributed by atoms with Gasteiger partial charge < -0.3 is 20.6 Å². The summed E-state index contributed by atoms with van der Waals surface area (Å²) in [6.07, 6.45) is 0. The summed E-state index contributed by atoms with van der Waals surface area (Å²) in [6.45, 7) is 0.597. The van der Waals surface area contributed by atoms with Crippen molar-refractivity contribution in [2.45, 2.75) is 5.72 Å². The maximum atomic E-state index is 14.5. The summed E-state index contributed by atoms with van der Waals surface area (Å²) in [5.74, 6) is -3.19. The van der Waals surface area contributed by atoms with E-state index in [0.717, 1.165) is 18.2 Å². The lowest BCUT2D eigenvalue weighted by Gasteiger charge is -2.42. The van der Waals surface area contributed by atoms with Gasteiger partial charge in [0.2, 0.25) is 0 Å². The van der Waals surface area contributed by atoms with Gasteiger partial charge in [-0.25, -0.2) is 18.5 Å². The standard InChI is InChI=1S/C19H19BrF2N4O3/c1-25(2)9-8-23-17(27)19(29)12-10-11(20)6-7-15(12)24-18(28)26(19)16-13(21)4-3-5-14(16)22/h3-7,10,29H,8-9H2,1-2H3,(H,23,27)(H,24,28). The van der Waals surface area contributed by atoms with Crippen LogP contribution >= 0.6 is 15.9 Å². The molecule has 0 saturated heterocycles. The molecule has 0 bridgehead atoms. The monoisotopic (exact) mass is 468 g/mol. The van der Waals surface area contributed by atoms with Crippen molar-refractivity contribution in [3.63, 3.8) is 0 Å². The Morgan fingerprint density at radius 2 is 1.93 bits per heavy atom. The Bertz CT molecular complexity index is 952. The number of halogens is 3. The number of carbonyl (C=O) groups is 2. The van der Waals surface area contributed by atoms with Gasteiger partial charge in [0.15, 0.2) is 0 Å². The van der Waals surface area contributed by atoms with Crippen molar-refractivity contribution in [1.82, 2.24) is 10.2 Å². The summed E-state index contributed by atoms with van der Waals surface area (Å²) in [7, 11) is 3.59. The van der Waals surface area contributed by atoms with Gasteiger partial charge in [-0.15, -0.1) is 0 Å². The van der Waals surface area contributed by atoms with Crippen LogP contribution in [-0.2, 0) is 10.5 Å². The van der Waals surface area contributed by atoms with Gasteiger partial charge in [0.1, 0.15) is 17.3 Å². The first-order chi connectivity index (χ1) is 13.7. The molecule has 1 unspecified atom stereocenters. The van der Waals surface area contributed by atoms with E-state index in [-0.39, 0.29) is 17.8 Å². The van der Waals surface area contributed by atoms with Gasteiger partial charge in [0.05, 0.1) is 5.69 Å². The summed E-state index contributed by atoms with van der Waals surface area (Å²) >= 11 is 3.25. The zero-order valence-corrected chi connectivity index (χ0v) is 17.3. The molecule has 10 heteroatoms. The minimum absolute atomic E-state index is 0.0310. The van der Waals surface area contributed by atoms with Crippen LogP contribution in [0.25, 0.3) is 0 Å². The molecule has 0 radical (unpaired) electrons. The van der Waals surface area contributed by atoms with Crippen LogP contribution in [0.1, 0.15) is 5.56 Å². The van der Waals surface area contributed by atoms with Crippen molar-refractivity contribution in [3.8, 4) is 0 Å². The highest BCUT2D eigenvalue weighted by molar-refractivity contribution is 9.10. The van der Waals surface area contributed by atoms with E-state index in [1.165, 1.54) is 12.1 Å². The topological polar surface area (TPSA) is 84.9 Å². The lowest BCUT2D eigenvalue weighted by Crippen LogP contribution is -2.63. The number of aliphatic hydroxyl groups is 1. The molecule has 0 fully saturated rings. The normalized spacial score (nSPS) is 18.4. The molecule has 1 heterocycles. The van der Waals surface area contributed by atoms with Crippen LogP contribution in [0.5, 0.6) is 0 Å². The highest BCUT2D eigenvalue weighted by Crippen LogP contribution is 2.42. The summed E-state index contributed by atoms with van der Waals surface area (Å²) < 4.78 is 29.5. The van der Waals surface area contributed by atoms with Crippen LogP contribution < -0.4 is 15.5 Å². The van der Waals surface area contributed by atoms with Crippen LogP contribution in [0.4, 0.5) is 25.0 Å². The smallest absolute Gasteiger partial charge is 0.329 e. The molecule has 154 valence electrons. The Balaban J connectivity index is 2.18. The molecule has 1 aliphatic heterocycles. The number of hydrogen-bond donors (Lipinski definition) is 3. The second-order valence-electron chi connectivity index (χ2n) is 6.76. The van der Waals surface area contributed by atoms with Crippen molar-refractivity contribution in [1.29, 1.82) is 0 Å². The second-order valence-corrected chi connectivity index (χ2v) is 7.67. The quantitative estimate of drug-likeness (QED) is 0.629. The molecule has 2 aromatic carbocycles. The SMILES string of the molecule is CN(C)CCNC(=O)C1(O)c2cc(Br)ccc2NC(=O)N1c1c(F)cccc1F. The number of para-hydroxylation sites is 1. The summed E-state index contributed by atoms with van der Waals surface area (Å²) in [4.78, 5) is 28.0. The number of urea groups is 1. The number of anilines is 2. The zero-order chi connectivity index (χ0) is 21.3. The van der Waals surface area contributed by atoms with Crippen molar-refractivity contribution < 1.29 is 23.5 Å². The van der Waals surface area contributed by atoms with E-state index in [4.69, 9.17) is 0 Å². The Morgan fingerprint density at radius 3 is 2.55 bits per heavy atom. The third-order valence-electron chi connectivity index (χ3n) is 4.45. The fourth-order valence-corrected chi connectivity index (χ4v) is 3.42. The van der Waals surface area contributed by atoms with E-state index >= 15 is 0 Å². The molecule has 0 aliphatic carbocycles. The maximum absolute atomic E-state index is 14.5. The average molecular weight is 469 g/mol. The number of fused-ring (bicyclic) bond motifs is 1. The molecule has 3 amide bonds. The highest BCUT2D eigenvalue weighted by Gasteiger charge is 2.53. The second kappa shape index (κ2) is 8.05. The molecule has 1 aliphatic rings. The first-order valence-electron chi connectivity index (χ1n) is 8.67. The third kappa shape index (κ3) is 3.83. The van der Waals surface area contributed by atoms with Gasteiger partial charge >= 0.3 is 6.03 Å². The van der Waals surface area contributed by atoms with Gasteiger partial charge in [-0.3, -0.25) is 4.79 Å². The molecule has 0 spiro atoms. The number of nitrogens with zero attached hydrogens (tertiary/aromatic N) is 2. The molecule has 1 atom stereocenters. The van der Waals surface area contributed by atoms with Crippen LogP contribution in [0, 0.1) is 11.6 Å². The highest BCUT2D eigenvalue weighted by atomic mass is 79.9. The van der Waals surface area contributed by atoms with Crippen molar-refractivity contribution in [2.24, 2.45) is 0 Å². The minimum atomic E-state index is -2.68. The van der Waals surface area contributed by atoms with Crippen LogP contribution in [0.2, 0.25) is 0 Å². The molecule has 3 rings (SSSR count). The van der Waals surface area contributed by atoms with Gasteiger partial charge in [0, 0.05) is 23.1 Å². The fraction of sp³-hybridized carbons (Fsp3) is 0.263. The number of rotatable bonds is 5. The van der Waals surface area contributed by atoms with Gasteiger partial charge in [0.25, 0.3) is 11.6 Å². The van der Waals surface area contributed by atoms with Crippen molar-refractivity contribution in [2.75, 3.05) is 37.4 Å².